The topological polar surface area (TPSA) is 38.7 Å². The van der Waals surface area contributed by atoms with Crippen molar-refractivity contribution in [3.8, 4) is 0 Å². The summed E-state index contributed by atoms with van der Waals surface area (Å²) in [7, 11) is 0. The molecule has 3 nitrogen and oxygen atoms in total. The lowest BCUT2D eigenvalue weighted by Gasteiger charge is -1.87. The molecule has 3 heteroatoms. The van der Waals surface area contributed by atoms with Gasteiger partial charge in [-0.05, 0) is 13.8 Å². The Morgan fingerprint density at radius 2 is 2.12 bits per heavy atom. The van der Waals surface area contributed by atoms with E-state index in [-0.39, 0.29) is 0 Å². The first-order valence-electron chi connectivity index (χ1n) is 2.17. The second kappa shape index (κ2) is 3.18. The quantitative estimate of drug-likeness (QED) is 0.287. The summed E-state index contributed by atoms with van der Waals surface area (Å²) in [6.45, 7) is 6.31. The normalized spacial score (nSPS) is 11.1. The molecule has 0 rings (SSSR count). The first kappa shape index (κ1) is 7.14. The van der Waals surface area contributed by atoms with Crippen LogP contribution in [0.25, 0.3) is 0 Å². The van der Waals surface area contributed by atoms with Crippen LogP contribution >= 0.6 is 0 Å². The van der Waals surface area contributed by atoms with E-state index in [1.54, 1.807) is 6.92 Å². The average Bonchev–Trinajstić information content (AvgIpc) is 1.61. The van der Waals surface area contributed by atoms with Crippen LogP contribution in [0.5, 0.6) is 0 Å². The van der Waals surface area contributed by atoms with Crippen LogP contribution in [-0.4, -0.2) is 11.7 Å². The molecule has 1 radical (unpaired) electrons. The monoisotopic (exact) mass is 114 g/mol. The van der Waals surface area contributed by atoms with Crippen molar-refractivity contribution in [3.63, 3.8) is 0 Å². The molecule has 0 aromatic rings. The number of carbonyl (C=O) groups excluding carboxylic acids is 1. The Bertz CT molecular complexity index is 114. The van der Waals surface area contributed by atoms with Gasteiger partial charge in [-0.3, -0.25) is 0 Å². The average molecular weight is 114 g/mol. The molecule has 0 bridgehead atoms. The van der Waals surface area contributed by atoms with Crippen molar-refractivity contribution in [1.82, 2.24) is 0 Å². The van der Waals surface area contributed by atoms with E-state index in [1.165, 1.54) is 6.92 Å². The van der Waals surface area contributed by atoms with Crippen LogP contribution in [0.4, 0.5) is 0 Å². The second-order valence-electron chi connectivity index (χ2n) is 1.41. The summed E-state index contributed by atoms with van der Waals surface area (Å²) in [6, 6.07) is 0. The third kappa shape index (κ3) is 5.14. The summed E-state index contributed by atoms with van der Waals surface area (Å²) in [5.41, 5.74) is 0.486. The van der Waals surface area contributed by atoms with E-state index in [1.807, 2.05) is 0 Å². The Balaban J connectivity index is 3.45. The van der Waals surface area contributed by atoms with Gasteiger partial charge >= 0.3 is 5.97 Å². The highest BCUT2D eigenvalue weighted by molar-refractivity contribution is 5.85. The van der Waals surface area contributed by atoms with Gasteiger partial charge in [0.2, 0.25) is 0 Å². The first-order chi connectivity index (χ1) is 3.63. The maximum atomic E-state index is 9.99. The third-order valence-corrected chi connectivity index (χ3v) is 0.330. The molecule has 0 fully saturated rings. The largest absolute Gasteiger partial charge is 0.331 e. The van der Waals surface area contributed by atoms with E-state index in [4.69, 9.17) is 0 Å². The minimum Gasteiger partial charge on any atom is -0.319 e. The van der Waals surface area contributed by atoms with Gasteiger partial charge in [-0.25, -0.2) is 4.79 Å². The fourth-order valence-electron chi connectivity index (χ4n) is 0.142. The maximum absolute atomic E-state index is 9.99. The SMILES string of the molecule is [CH2]/C(C)=N\OC(C)=O. The van der Waals surface area contributed by atoms with Gasteiger partial charge < -0.3 is 4.84 Å². The first-order valence-corrected chi connectivity index (χ1v) is 2.17. The van der Waals surface area contributed by atoms with Crippen LogP contribution < -0.4 is 0 Å². The molecule has 0 aliphatic carbocycles. The predicted molar refractivity (Wildman–Crippen MR) is 30.2 cm³/mol. The zero-order valence-corrected chi connectivity index (χ0v) is 4.97. The molecule has 0 heterocycles. The molecular weight excluding hydrogens is 106 g/mol. The standard InChI is InChI=1S/C5H8NO2/c1-4(2)6-8-5(3)7/h1H2,2-3H3/b6-4+. The Labute approximate surface area is 48.3 Å². The van der Waals surface area contributed by atoms with E-state index in [9.17, 15) is 4.79 Å². The molecule has 0 amide bonds. The summed E-state index contributed by atoms with van der Waals surface area (Å²) < 4.78 is 0. The molecule has 0 N–H and O–H groups in total. The van der Waals surface area contributed by atoms with E-state index in [0.29, 0.717) is 5.71 Å². The van der Waals surface area contributed by atoms with Gasteiger partial charge in [0.1, 0.15) is 0 Å². The molecule has 0 aliphatic heterocycles. The number of nitrogens with zero attached hydrogens (tertiary/aromatic N) is 1. The molecule has 0 spiro atoms. The van der Waals surface area contributed by atoms with Crippen LogP contribution in [-0.2, 0) is 9.63 Å². The molecule has 0 saturated carbocycles. The Kier molecular flexibility index (Phi) is 2.84. The minimum absolute atomic E-state index is 0.423. The lowest BCUT2D eigenvalue weighted by molar-refractivity contribution is -0.140. The molecule has 0 unspecified atom stereocenters. The summed E-state index contributed by atoms with van der Waals surface area (Å²) in [6.07, 6.45) is 0. The lowest BCUT2D eigenvalue weighted by atomic mass is 10.5. The smallest absolute Gasteiger partial charge is 0.319 e. The maximum Gasteiger partial charge on any atom is 0.331 e. The fraction of sp³-hybridized carbons (Fsp3) is 0.400. The molecule has 0 aliphatic rings. The molecular formula is C5H8NO2. The van der Waals surface area contributed by atoms with Gasteiger partial charge in [-0.15, -0.1) is 0 Å². The van der Waals surface area contributed by atoms with Crippen molar-refractivity contribution < 1.29 is 9.63 Å². The van der Waals surface area contributed by atoms with Crippen LogP contribution in [0.15, 0.2) is 5.16 Å². The van der Waals surface area contributed by atoms with Crippen molar-refractivity contribution in [2.24, 2.45) is 5.16 Å². The van der Waals surface area contributed by atoms with E-state index in [2.05, 4.69) is 16.9 Å². The number of hydrogen-bond acceptors (Lipinski definition) is 3. The highest BCUT2D eigenvalue weighted by atomic mass is 16.7. The number of carbonyl (C=O) groups is 1. The Hall–Kier alpha value is -0.860. The van der Waals surface area contributed by atoms with Gasteiger partial charge in [-0.2, -0.15) is 0 Å². The minimum atomic E-state index is -0.423. The highest BCUT2D eigenvalue weighted by Gasteiger charge is 1.86. The van der Waals surface area contributed by atoms with Gasteiger partial charge in [0.25, 0.3) is 0 Å². The summed E-state index contributed by atoms with van der Waals surface area (Å²) >= 11 is 0. The van der Waals surface area contributed by atoms with Crippen LogP contribution in [0.2, 0.25) is 0 Å². The van der Waals surface area contributed by atoms with E-state index >= 15 is 0 Å². The van der Waals surface area contributed by atoms with Gasteiger partial charge in [0, 0.05) is 6.92 Å². The summed E-state index contributed by atoms with van der Waals surface area (Å²) in [4.78, 5) is 14.2. The third-order valence-electron chi connectivity index (χ3n) is 0.330. The number of oxime groups is 1. The molecule has 45 valence electrons. The van der Waals surface area contributed by atoms with Crippen LogP contribution in [0.1, 0.15) is 13.8 Å². The highest BCUT2D eigenvalue weighted by Crippen LogP contribution is 1.78. The van der Waals surface area contributed by atoms with E-state index in [0.717, 1.165) is 0 Å². The molecule has 8 heavy (non-hydrogen) atoms. The zero-order chi connectivity index (χ0) is 6.57. The number of hydrogen-bond donors (Lipinski definition) is 0. The van der Waals surface area contributed by atoms with Crippen LogP contribution in [0.3, 0.4) is 0 Å². The molecule has 0 aromatic heterocycles. The molecule has 0 atom stereocenters. The van der Waals surface area contributed by atoms with Crippen molar-refractivity contribution >= 4 is 11.7 Å². The van der Waals surface area contributed by atoms with E-state index < -0.39 is 5.97 Å². The predicted octanol–water partition coefficient (Wildman–Crippen LogP) is 0.759. The molecule has 0 aromatic carbocycles. The van der Waals surface area contributed by atoms with Crippen molar-refractivity contribution in [2.75, 3.05) is 0 Å². The van der Waals surface area contributed by atoms with Crippen LogP contribution in [0, 0.1) is 6.92 Å². The zero-order valence-electron chi connectivity index (χ0n) is 4.97. The summed E-state index contributed by atoms with van der Waals surface area (Å²) in [5, 5.41) is 3.28. The lowest BCUT2D eigenvalue weighted by Crippen LogP contribution is -1.93. The number of rotatable bonds is 1. The van der Waals surface area contributed by atoms with Gasteiger partial charge in [0.15, 0.2) is 0 Å². The Morgan fingerprint density at radius 3 is 2.25 bits per heavy atom. The Morgan fingerprint density at radius 1 is 1.62 bits per heavy atom. The fourth-order valence-corrected chi connectivity index (χ4v) is 0.142. The van der Waals surface area contributed by atoms with Gasteiger partial charge in [-0.1, -0.05) is 5.16 Å². The van der Waals surface area contributed by atoms with Crippen molar-refractivity contribution in [3.05, 3.63) is 6.92 Å². The van der Waals surface area contributed by atoms with Crippen molar-refractivity contribution in [2.45, 2.75) is 13.8 Å². The summed E-state index contributed by atoms with van der Waals surface area (Å²) in [5.74, 6) is -0.423. The van der Waals surface area contributed by atoms with Crippen molar-refractivity contribution in [1.29, 1.82) is 0 Å². The molecule has 0 saturated heterocycles. The second-order valence-corrected chi connectivity index (χ2v) is 1.41. The van der Waals surface area contributed by atoms with Gasteiger partial charge in [0.05, 0.1) is 5.71 Å².